The molecule has 2 heteroatoms. The van der Waals surface area contributed by atoms with Crippen molar-refractivity contribution in [2.24, 2.45) is 5.92 Å². The minimum absolute atomic E-state index is 0.309. The van der Waals surface area contributed by atoms with E-state index in [4.69, 9.17) is 0 Å². The van der Waals surface area contributed by atoms with E-state index in [1.165, 1.54) is 24.4 Å². The van der Waals surface area contributed by atoms with Gasteiger partial charge >= 0.3 is 0 Å². The maximum atomic E-state index is 11.1. The molecule has 86 valence electrons. The molecule has 1 nitrogen and oxygen atoms in total. The highest BCUT2D eigenvalue weighted by Crippen LogP contribution is 2.61. The van der Waals surface area contributed by atoms with Gasteiger partial charge in [-0.2, -0.15) is 0 Å². The Hall–Kier alpha value is -0.680. The maximum absolute atomic E-state index is 11.1. The Morgan fingerprint density at radius 3 is 2.50 bits per heavy atom. The standard InChI is InChI=1S/C14H20OP/c1-16(2,13-8-4-3-5-9-13)14-10-6-7-12(14)11-15/h3-5,8-9,11-12,14H,6-7,10H2,1-2H3/q+1. The van der Waals surface area contributed by atoms with Crippen molar-refractivity contribution in [2.75, 3.05) is 13.3 Å². The van der Waals surface area contributed by atoms with Gasteiger partial charge in [-0.15, -0.1) is 0 Å². The van der Waals surface area contributed by atoms with Gasteiger partial charge in [0, 0.05) is 7.26 Å². The lowest BCUT2D eigenvalue weighted by Crippen LogP contribution is -2.25. The summed E-state index contributed by atoms with van der Waals surface area (Å²) in [5.74, 6) is 0.309. The second-order valence-corrected chi connectivity index (χ2v) is 9.43. The van der Waals surface area contributed by atoms with Crippen LogP contribution in [0.2, 0.25) is 0 Å². The third-order valence-corrected chi connectivity index (χ3v) is 7.89. The summed E-state index contributed by atoms with van der Waals surface area (Å²) in [7, 11) is -1.15. The lowest BCUT2D eigenvalue weighted by molar-refractivity contribution is -0.110. The molecule has 1 aromatic rings. The van der Waals surface area contributed by atoms with Crippen molar-refractivity contribution in [2.45, 2.75) is 24.9 Å². The van der Waals surface area contributed by atoms with E-state index in [1.54, 1.807) is 0 Å². The third kappa shape index (κ3) is 2.06. The van der Waals surface area contributed by atoms with Crippen molar-refractivity contribution < 1.29 is 4.79 Å². The Morgan fingerprint density at radius 1 is 1.19 bits per heavy atom. The van der Waals surface area contributed by atoms with Crippen LogP contribution in [0.4, 0.5) is 0 Å². The fourth-order valence-electron chi connectivity index (χ4n) is 2.93. The van der Waals surface area contributed by atoms with Gasteiger partial charge in [-0.3, -0.25) is 0 Å². The molecule has 0 amide bonds. The summed E-state index contributed by atoms with van der Waals surface area (Å²) in [4.78, 5) is 11.1. The first kappa shape index (κ1) is 11.8. The monoisotopic (exact) mass is 235 g/mol. The molecule has 2 rings (SSSR count). The second-order valence-electron chi connectivity index (χ2n) is 5.17. The molecule has 0 bridgehead atoms. The first-order valence-electron chi connectivity index (χ1n) is 6.01. The van der Waals surface area contributed by atoms with E-state index in [1.807, 2.05) is 0 Å². The Kier molecular flexibility index (Phi) is 3.44. The highest BCUT2D eigenvalue weighted by Gasteiger charge is 2.45. The summed E-state index contributed by atoms with van der Waals surface area (Å²) < 4.78 is 0. The molecule has 1 aliphatic rings. The summed E-state index contributed by atoms with van der Waals surface area (Å²) in [6.07, 6.45) is 4.76. The zero-order valence-electron chi connectivity index (χ0n) is 10.1. The van der Waals surface area contributed by atoms with Gasteiger partial charge in [-0.25, -0.2) is 0 Å². The maximum Gasteiger partial charge on any atom is 0.127 e. The Morgan fingerprint density at radius 2 is 1.88 bits per heavy atom. The first-order valence-corrected chi connectivity index (χ1v) is 8.76. The number of rotatable bonds is 3. The zero-order valence-corrected chi connectivity index (χ0v) is 11.0. The first-order chi connectivity index (χ1) is 7.66. The Bertz CT molecular complexity index is 358. The summed E-state index contributed by atoms with van der Waals surface area (Å²) in [6, 6.07) is 10.8. The highest BCUT2D eigenvalue weighted by molar-refractivity contribution is 7.82. The van der Waals surface area contributed by atoms with Crippen LogP contribution in [0.1, 0.15) is 19.3 Å². The van der Waals surface area contributed by atoms with Gasteiger partial charge < -0.3 is 4.79 Å². The van der Waals surface area contributed by atoms with Crippen LogP contribution in [0.5, 0.6) is 0 Å². The minimum Gasteiger partial charge on any atom is -0.303 e. The number of carbonyl (C=O) groups is 1. The molecule has 1 aromatic carbocycles. The van der Waals surface area contributed by atoms with E-state index in [9.17, 15) is 4.79 Å². The van der Waals surface area contributed by atoms with Crippen molar-refractivity contribution in [3.05, 3.63) is 30.3 Å². The number of hydrogen-bond acceptors (Lipinski definition) is 1. The fraction of sp³-hybridized carbons (Fsp3) is 0.500. The molecule has 2 unspecified atom stereocenters. The smallest absolute Gasteiger partial charge is 0.127 e. The molecule has 0 radical (unpaired) electrons. The SMILES string of the molecule is C[P+](C)(c1ccccc1)C1CCCC1C=O. The largest absolute Gasteiger partial charge is 0.303 e. The van der Waals surface area contributed by atoms with Crippen molar-refractivity contribution in [1.29, 1.82) is 0 Å². The quantitative estimate of drug-likeness (QED) is 0.581. The third-order valence-electron chi connectivity index (χ3n) is 3.96. The van der Waals surface area contributed by atoms with Crippen LogP contribution in [-0.2, 0) is 4.79 Å². The fourth-order valence-corrected chi connectivity index (χ4v) is 6.26. The summed E-state index contributed by atoms with van der Waals surface area (Å²) in [5.41, 5.74) is 0.618. The van der Waals surface area contributed by atoms with Gasteiger partial charge in [-0.1, -0.05) is 18.2 Å². The molecule has 16 heavy (non-hydrogen) atoms. The van der Waals surface area contributed by atoms with E-state index in [0.29, 0.717) is 11.6 Å². The van der Waals surface area contributed by atoms with E-state index in [2.05, 4.69) is 43.7 Å². The second kappa shape index (κ2) is 4.67. The lowest BCUT2D eigenvalue weighted by Gasteiger charge is -2.27. The Labute approximate surface area is 98.6 Å². The van der Waals surface area contributed by atoms with Crippen LogP contribution >= 0.6 is 7.26 Å². The normalized spacial score (nSPS) is 25.6. The van der Waals surface area contributed by atoms with Gasteiger partial charge in [0.15, 0.2) is 0 Å². The number of hydrogen-bond donors (Lipinski definition) is 0. The highest BCUT2D eigenvalue weighted by atomic mass is 31.2. The molecule has 0 saturated heterocycles. The predicted molar refractivity (Wildman–Crippen MR) is 72.0 cm³/mol. The average Bonchev–Trinajstić information content (AvgIpc) is 2.79. The molecule has 1 fully saturated rings. The number of benzene rings is 1. The summed E-state index contributed by atoms with van der Waals surface area (Å²) in [5, 5.41) is 1.47. The molecule has 0 spiro atoms. The van der Waals surface area contributed by atoms with Crippen LogP contribution in [0.3, 0.4) is 0 Å². The van der Waals surface area contributed by atoms with Gasteiger partial charge in [-0.05, 0) is 31.4 Å². The predicted octanol–water partition coefficient (Wildman–Crippen LogP) is 2.96. The summed E-state index contributed by atoms with van der Waals surface area (Å²) in [6.45, 7) is 4.77. The zero-order chi connectivity index (χ0) is 11.6. The van der Waals surface area contributed by atoms with Crippen LogP contribution in [0, 0.1) is 5.92 Å². The molecule has 1 aliphatic carbocycles. The van der Waals surface area contributed by atoms with E-state index in [-0.39, 0.29) is 0 Å². The number of aldehydes is 1. The molecule has 0 aliphatic heterocycles. The summed E-state index contributed by atoms with van der Waals surface area (Å²) >= 11 is 0. The average molecular weight is 235 g/mol. The van der Waals surface area contributed by atoms with Crippen molar-refractivity contribution >= 4 is 18.9 Å². The molecular weight excluding hydrogens is 215 g/mol. The molecule has 0 N–H and O–H groups in total. The van der Waals surface area contributed by atoms with Crippen molar-refractivity contribution in [3.8, 4) is 0 Å². The van der Waals surface area contributed by atoms with Gasteiger partial charge in [0.1, 0.15) is 6.29 Å². The van der Waals surface area contributed by atoms with Crippen LogP contribution in [0.25, 0.3) is 0 Å². The van der Waals surface area contributed by atoms with E-state index in [0.717, 1.165) is 6.42 Å². The molecule has 1 saturated carbocycles. The number of carbonyl (C=O) groups excluding carboxylic acids is 1. The topological polar surface area (TPSA) is 17.1 Å². The Balaban J connectivity index is 2.28. The van der Waals surface area contributed by atoms with Gasteiger partial charge in [0.2, 0.25) is 0 Å². The van der Waals surface area contributed by atoms with Crippen LogP contribution < -0.4 is 5.30 Å². The molecule has 0 aromatic heterocycles. The molecule has 2 atom stereocenters. The van der Waals surface area contributed by atoms with Gasteiger partial charge in [0.05, 0.1) is 30.2 Å². The van der Waals surface area contributed by atoms with Crippen LogP contribution in [0.15, 0.2) is 30.3 Å². The van der Waals surface area contributed by atoms with Gasteiger partial charge in [0.25, 0.3) is 0 Å². The van der Waals surface area contributed by atoms with E-state index < -0.39 is 7.26 Å². The molecule has 0 heterocycles. The lowest BCUT2D eigenvalue weighted by atomic mass is 10.1. The van der Waals surface area contributed by atoms with Crippen molar-refractivity contribution in [3.63, 3.8) is 0 Å². The van der Waals surface area contributed by atoms with Crippen LogP contribution in [-0.4, -0.2) is 25.3 Å². The minimum atomic E-state index is -1.15. The molecular formula is C14H20OP+. The van der Waals surface area contributed by atoms with E-state index >= 15 is 0 Å². The van der Waals surface area contributed by atoms with Crippen molar-refractivity contribution in [1.82, 2.24) is 0 Å².